The van der Waals surface area contributed by atoms with Crippen LogP contribution in [0.4, 0.5) is 11.5 Å². The van der Waals surface area contributed by atoms with E-state index in [1.165, 1.54) is 19.3 Å². The van der Waals surface area contributed by atoms with E-state index in [9.17, 15) is 8.42 Å². The third-order valence-electron chi connectivity index (χ3n) is 4.69. The first kappa shape index (κ1) is 18.5. The number of rotatable bonds is 5. The summed E-state index contributed by atoms with van der Waals surface area (Å²) in [5.74, 6) is 0.990. The van der Waals surface area contributed by atoms with E-state index in [0.29, 0.717) is 17.1 Å². The first-order valence-corrected chi connectivity index (χ1v) is 10.3. The van der Waals surface area contributed by atoms with Crippen molar-refractivity contribution in [2.45, 2.75) is 38.0 Å². The number of anilines is 2. The summed E-state index contributed by atoms with van der Waals surface area (Å²) in [5.41, 5.74) is 2.43. The second-order valence-electron chi connectivity index (χ2n) is 6.64. The Morgan fingerprint density at radius 3 is 2.42 bits per heavy atom. The van der Waals surface area contributed by atoms with Crippen molar-refractivity contribution in [3.8, 4) is 5.75 Å². The normalized spacial score (nSPS) is 15.0. The topological polar surface area (TPSA) is 71.5 Å². The molecule has 7 heteroatoms. The number of aromatic nitrogens is 1. The SMILES string of the molecule is COc1cc(C)c(S(=O)(=O)Nc2ccc(N3CCCCC3)cn2)cc1C. The van der Waals surface area contributed by atoms with Gasteiger partial charge in [-0.25, -0.2) is 13.4 Å². The fourth-order valence-corrected chi connectivity index (χ4v) is 4.57. The number of hydrogen-bond donors (Lipinski definition) is 1. The predicted molar refractivity (Wildman–Crippen MR) is 104 cm³/mol. The zero-order valence-corrected chi connectivity index (χ0v) is 16.3. The molecule has 0 atom stereocenters. The summed E-state index contributed by atoms with van der Waals surface area (Å²) in [6, 6.07) is 6.99. The average Bonchev–Trinajstić information content (AvgIpc) is 2.64. The fraction of sp³-hybridized carbons (Fsp3) is 0.421. The van der Waals surface area contributed by atoms with Gasteiger partial charge in [0.1, 0.15) is 11.6 Å². The number of nitrogens with zero attached hydrogens (tertiary/aromatic N) is 2. The minimum atomic E-state index is -3.71. The summed E-state index contributed by atoms with van der Waals surface area (Å²) in [4.78, 5) is 6.81. The average molecular weight is 375 g/mol. The van der Waals surface area contributed by atoms with Gasteiger partial charge in [-0.2, -0.15) is 0 Å². The van der Waals surface area contributed by atoms with Gasteiger partial charge < -0.3 is 9.64 Å². The molecule has 1 fully saturated rings. The van der Waals surface area contributed by atoms with E-state index in [1.54, 1.807) is 38.4 Å². The van der Waals surface area contributed by atoms with Crippen LogP contribution >= 0.6 is 0 Å². The Morgan fingerprint density at radius 1 is 1.08 bits per heavy atom. The molecule has 1 aromatic carbocycles. The first-order chi connectivity index (χ1) is 12.4. The number of piperidine rings is 1. The van der Waals surface area contributed by atoms with E-state index in [2.05, 4.69) is 14.6 Å². The lowest BCUT2D eigenvalue weighted by atomic mass is 10.1. The molecule has 1 saturated heterocycles. The van der Waals surface area contributed by atoms with Crippen LogP contribution in [-0.4, -0.2) is 33.6 Å². The van der Waals surface area contributed by atoms with Crippen LogP contribution in [0.25, 0.3) is 0 Å². The molecular weight excluding hydrogens is 350 g/mol. The second kappa shape index (κ2) is 7.53. The smallest absolute Gasteiger partial charge is 0.263 e. The van der Waals surface area contributed by atoms with Gasteiger partial charge in [-0.05, 0) is 68.5 Å². The fourth-order valence-electron chi connectivity index (χ4n) is 3.25. The van der Waals surface area contributed by atoms with Crippen LogP contribution in [0.3, 0.4) is 0 Å². The van der Waals surface area contributed by atoms with Gasteiger partial charge in [0.05, 0.1) is 23.9 Å². The van der Waals surface area contributed by atoms with Crippen LogP contribution in [0.5, 0.6) is 5.75 Å². The summed E-state index contributed by atoms with van der Waals surface area (Å²) in [5, 5.41) is 0. The molecule has 26 heavy (non-hydrogen) atoms. The number of sulfonamides is 1. The van der Waals surface area contributed by atoms with E-state index in [4.69, 9.17) is 4.74 Å². The number of methoxy groups -OCH3 is 1. The summed E-state index contributed by atoms with van der Waals surface area (Å²) in [6.45, 7) is 5.63. The molecule has 6 nitrogen and oxygen atoms in total. The lowest BCUT2D eigenvalue weighted by Crippen LogP contribution is -2.29. The highest BCUT2D eigenvalue weighted by atomic mass is 32.2. The molecule has 140 valence electrons. The Kier molecular flexibility index (Phi) is 5.36. The van der Waals surface area contributed by atoms with Crippen molar-refractivity contribution in [3.63, 3.8) is 0 Å². The molecule has 0 bridgehead atoms. The molecule has 0 aliphatic carbocycles. The standard InChI is InChI=1S/C19H25N3O3S/c1-14-12-18(15(2)11-17(14)25-3)26(23,24)21-19-8-7-16(13-20-19)22-9-5-4-6-10-22/h7-8,11-13H,4-6,9-10H2,1-3H3,(H,20,21). The van der Waals surface area contributed by atoms with E-state index in [1.807, 2.05) is 13.0 Å². The lowest BCUT2D eigenvalue weighted by Gasteiger charge is -2.28. The molecular formula is C19H25N3O3S. The third-order valence-corrected chi connectivity index (χ3v) is 6.19. The van der Waals surface area contributed by atoms with Crippen LogP contribution in [-0.2, 0) is 10.0 Å². The van der Waals surface area contributed by atoms with Gasteiger partial charge >= 0.3 is 0 Å². The van der Waals surface area contributed by atoms with Crippen LogP contribution in [0.15, 0.2) is 35.4 Å². The number of benzene rings is 1. The maximum Gasteiger partial charge on any atom is 0.263 e. The molecule has 0 amide bonds. The van der Waals surface area contributed by atoms with Crippen molar-refractivity contribution in [3.05, 3.63) is 41.6 Å². The molecule has 0 unspecified atom stereocenters. The molecule has 1 N–H and O–H groups in total. The summed E-state index contributed by atoms with van der Waals surface area (Å²) in [7, 11) is -2.14. The summed E-state index contributed by atoms with van der Waals surface area (Å²) in [6.07, 6.45) is 5.37. The van der Waals surface area contributed by atoms with Crippen LogP contribution < -0.4 is 14.4 Å². The third kappa shape index (κ3) is 3.93. The predicted octanol–water partition coefficient (Wildman–Crippen LogP) is 3.50. The quantitative estimate of drug-likeness (QED) is 0.866. The molecule has 1 aromatic heterocycles. The highest BCUT2D eigenvalue weighted by Gasteiger charge is 2.20. The monoisotopic (exact) mass is 375 g/mol. The van der Waals surface area contributed by atoms with Gasteiger partial charge in [-0.1, -0.05) is 0 Å². The highest BCUT2D eigenvalue weighted by molar-refractivity contribution is 7.92. The number of ether oxygens (including phenoxy) is 1. The molecule has 3 rings (SSSR count). The minimum Gasteiger partial charge on any atom is -0.496 e. The zero-order chi connectivity index (χ0) is 18.7. The zero-order valence-electron chi connectivity index (χ0n) is 15.4. The van der Waals surface area contributed by atoms with Crippen molar-refractivity contribution in [2.75, 3.05) is 29.8 Å². The summed E-state index contributed by atoms with van der Waals surface area (Å²) < 4.78 is 33.3. The summed E-state index contributed by atoms with van der Waals surface area (Å²) >= 11 is 0. The number of hydrogen-bond acceptors (Lipinski definition) is 5. The van der Waals surface area contributed by atoms with E-state index < -0.39 is 10.0 Å². The lowest BCUT2D eigenvalue weighted by molar-refractivity contribution is 0.411. The molecule has 0 radical (unpaired) electrons. The number of pyridine rings is 1. The Labute approximate surface area is 155 Å². The van der Waals surface area contributed by atoms with Crippen LogP contribution in [0.1, 0.15) is 30.4 Å². The van der Waals surface area contributed by atoms with Crippen molar-refractivity contribution in [1.29, 1.82) is 0 Å². The second-order valence-corrected chi connectivity index (χ2v) is 8.29. The van der Waals surface area contributed by atoms with E-state index in [-0.39, 0.29) is 4.90 Å². The Hall–Kier alpha value is -2.28. The minimum absolute atomic E-state index is 0.234. The maximum absolute atomic E-state index is 12.8. The van der Waals surface area contributed by atoms with Crippen molar-refractivity contribution in [1.82, 2.24) is 4.98 Å². The van der Waals surface area contributed by atoms with Crippen LogP contribution in [0, 0.1) is 13.8 Å². The Bertz CT molecular complexity index is 874. The van der Waals surface area contributed by atoms with Crippen molar-refractivity contribution < 1.29 is 13.2 Å². The molecule has 1 aliphatic rings. The number of nitrogens with one attached hydrogen (secondary N) is 1. The van der Waals surface area contributed by atoms with E-state index in [0.717, 1.165) is 24.3 Å². The van der Waals surface area contributed by atoms with Crippen molar-refractivity contribution in [2.24, 2.45) is 0 Å². The first-order valence-electron chi connectivity index (χ1n) is 8.80. The van der Waals surface area contributed by atoms with Gasteiger partial charge in [0.25, 0.3) is 10.0 Å². The maximum atomic E-state index is 12.8. The molecule has 0 saturated carbocycles. The number of aryl methyl sites for hydroxylation is 2. The Morgan fingerprint density at radius 2 is 1.81 bits per heavy atom. The molecule has 2 heterocycles. The highest BCUT2D eigenvalue weighted by Crippen LogP contribution is 2.27. The van der Waals surface area contributed by atoms with Gasteiger partial charge in [0, 0.05) is 13.1 Å². The van der Waals surface area contributed by atoms with Gasteiger partial charge in [0.15, 0.2) is 0 Å². The van der Waals surface area contributed by atoms with Crippen molar-refractivity contribution >= 4 is 21.5 Å². The van der Waals surface area contributed by atoms with Gasteiger partial charge in [-0.3, -0.25) is 4.72 Å². The Balaban J connectivity index is 1.80. The van der Waals surface area contributed by atoms with E-state index >= 15 is 0 Å². The molecule has 2 aromatic rings. The van der Waals surface area contributed by atoms with Gasteiger partial charge in [0.2, 0.25) is 0 Å². The molecule has 1 aliphatic heterocycles. The van der Waals surface area contributed by atoms with Gasteiger partial charge in [-0.15, -0.1) is 0 Å². The molecule has 0 spiro atoms. The largest absolute Gasteiger partial charge is 0.496 e. The van der Waals surface area contributed by atoms with Crippen LogP contribution in [0.2, 0.25) is 0 Å².